The second-order valence-corrected chi connectivity index (χ2v) is 9.94. The van der Waals surface area contributed by atoms with Gasteiger partial charge in [0.15, 0.2) is 12.6 Å². The first kappa shape index (κ1) is 23.9. The number of carbonyl (C=O) groups is 1. The number of para-hydroxylation sites is 1. The molecular weight excluding hydrogens is 446 g/mol. The molecule has 1 N–H and O–H groups in total. The van der Waals surface area contributed by atoms with Gasteiger partial charge in [-0.3, -0.25) is 4.79 Å². The second kappa shape index (κ2) is 9.64. The molecule has 0 bridgehead atoms. The van der Waals surface area contributed by atoms with Crippen molar-refractivity contribution in [2.24, 2.45) is 5.92 Å². The zero-order chi connectivity index (χ0) is 24.6. The summed E-state index contributed by atoms with van der Waals surface area (Å²) in [5.74, 6) is 1.72. The Morgan fingerprint density at radius 3 is 2.71 bits per heavy atom. The summed E-state index contributed by atoms with van der Waals surface area (Å²) >= 11 is 0. The summed E-state index contributed by atoms with van der Waals surface area (Å²) in [6, 6.07) is 11.5. The van der Waals surface area contributed by atoms with Crippen molar-refractivity contribution < 1.29 is 28.5 Å². The van der Waals surface area contributed by atoms with Crippen molar-refractivity contribution in [1.82, 2.24) is 4.98 Å². The molecule has 35 heavy (non-hydrogen) atoms. The first-order valence-electron chi connectivity index (χ1n) is 12.1. The van der Waals surface area contributed by atoms with Crippen molar-refractivity contribution in [2.45, 2.75) is 50.7 Å². The lowest BCUT2D eigenvalue weighted by molar-refractivity contribution is -0.105. The van der Waals surface area contributed by atoms with Crippen molar-refractivity contribution in [2.75, 3.05) is 27.8 Å². The molecule has 5 rings (SSSR count). The molecule has 2 aliphatic rings. The van der Waals surface area contributed by atoms with E-state index >= 15 is 0 Å². The fourth-order valence-electron chi connectivity index (χ4n) is 5.80. The first-order valence-corrected chi connectivity index (χ1v) is 12.1. The third-order valence-corrected chi connectivity index (χ3v) is 7.39. The molecule has 0 spiro atoms. The minimum absolute atomic E-state index is 0.0824. The van der Waals surface area contributed by atoms with Crippen LogP contribution in [0.1, 0.15) is 60.5 Å². The Morgan fingerprint density at radius 1 is 1.11 bits per heavy atom. The topological polar surface area (TPSA) is 79.0 Å². The number of ether oxygens (including phenoxy) is 5. The van der Waals surface area contributed by atoms with Crippen LogP contribution in [0, 0.1) is 5.92 Å². The quantitative estimate of drug-likeness (QED) is 0.343. The van der Waals surface area contributed by atoms with Crippen molar-refractivity contribution in [3.05, 3.63) is 59.3 Å². The van der Waals surface area contributed by atoms with Crippen LogP contribution in [0.4, 0.5) is 0 Å². The van der Waals surface area contributed by atoms with E-state index in [0.717, 1.165) is 35.7 Å². The van der Waals surface area contributed by atoms with Crippen molar-refractivity contribution in [3.63, 3.8) is 0 Å². The van der Waals surface area contributed by atoms with Crippen molar-refractivity contribution in [1.29, 1.82) is 0 Å². The highest BCUT2D eigenvalue weighted by Gasteiger charge is 2.48. The number of methoxy groups -OCH3 is 2. The Labute approximate surface area is 205 Å². The van der Waals surface area contributed by atoms with E-state index in [1.54, 1.807) is 20.4 Å². The van der Waals surface area contributed by atoms with Gasteiger partial charge in [0, 0.05) is 59.8 Å². The lowest BCUT2D eigenvalue weighted by Gasteiger charge is -2.49. The number of aromatic nitrogens is 1. The SMILES string of the molecule is COCOc1cc(C(=O)c2c[nH]c3ccccc23)cc2c1[C@@H]1C[C@H](OCOC)CC[C@H]1C(C)(C)O2. The summed E-state index contributed by atoms with van der Waals surface area (Å²) in [7, 11) is 3.23. The Hall–Kier alpha value is -2.87. The van der Waals surface area contributed by atoms with Gasteiger partial charge < -0.3 is 28.7 Å². The highest BCUT2D eigenvalue weighted by molar-refractivity contribution is 6.16. The third-order valence-electron chi connectivity index (χ3n) is 7.39. The normalized spacial score (nSPS) is 22.8. The van der Waals surface area contributed by atoms with Gasteiger partial charge in [-0.15, -0.1) is 0 Å². The molecule has 1 saturated carbocycles. The molecule has 2 heterocycles. The number of nitrogens with one attached hydrogen (secondary N) is 1. The van der Waals surface area contributed by atoms with Gasteiger partial charge in [-0.2, -0.15) is 0 Å². The van der Waals surface area contributed by atoms with E-state index in [1.807, 2.05) is 36.4 Å². The smallest absolute Gasteiger partial charge is 0.195 e. The minimum atomic E-state index is -0.384. The molecule has 1 fully saturated rings. The maximum atomic E-state index is 13.7. The lowest BCUT2D eigenvalue weighted by Crippen LogP contribution is -2.48. The van der Waals surface area contributed by atoms with Gasteiger partial charge in [-0.25, -0.2) is 0 Å². The maximum absolute atomic E-state index is 13.7. The van der Waals surface area contributed by atoms with Crippen LogP contribution in [0.25, 0.3) is 10.9 Å². The van der Waals surface area contributed by atoms with Crippen LogP contribution in [0.2, 0.25) is 0 Å². The predicted molar refractivity (Wildman–Crippen MR) is 132 cm³/mol. The van der Waals surface area contributed by atoms with Gasteiger partial charge in [-0.1, -0.05) is 18.2 Å². The molecule has 1 aliphatic carbocycles. The van der Waals surface area contributed by atoms with Gasteiger partial charge in [0.2, 0.25) is 0 Å². The van der Waals surface area contributed by atoms with Crippen LogP contribution in [-0.4, -0.2) is 50.3 Å². The standard InChI is InChI=1S/C28H33NO6/c1-28(2)22-10-9-18(33-15-31-3)13-20(22)26-24(34-16-32-4)11-17(12-25(26)35-28)27(30)21-14-29-23-8-6-5-7-19(21)23/h5-8,11-12,14,18,20,22,29H,9-10,13,15-16H2,1-4H3/t18-,20-,22-/m1/s1. The number of hydrogen-bond acceptors (Lipinski definition) is 6. The van der Waals surface area contributed by atoms with Crippen LogP contribution >= 0.6 is 0 Å². The average molecular weight is 480 g/mol. The highest BCUT2D eigenvalue weighted by atomic mass is 16.7. The molecule has 0 radical (unpaired) electrons. The number of hydrogen-bond donors (Lipinski definition) is 1. The Balaban J connectivity index is 1.57. The molecule has 186 valence electrons. The molecule has 0 saturated heterocycles. The first-order chi connectivity index (χ1) is 16.9. The Kier molecular flexibility index (Phi) is 6.57. The minimum Gasteiger partial charge on any atom is -0.487 e. The van der Waals surface area contributed by atoms with E-state index in [9.17, 15) is 4.79 Å². The number of aromatic amines is 1. The monoisotopic (exact) mass is 479 g/mol. The van der Waals surface area contributed by atoms with Crippen molar-refractivity contribution >= 4 is 16.7 Å². The van der Waals surface area contributed by atoms with E-state index in [2.05, 4.69) is 18.8 Å². The summed E-state index contributed by atoms with van der Waals surface area (Å²) in [6.07, 6.45) is 4.64. The van der Waals surface area contributed by atoms with Crippen LogP contribution in [-0.2, 0) is 14.2 Å². The van der Waals surface area contributed by atoms with Crippen LogP contribution in [0.15, 0.2) is 42.6 Å². The van der Waals surface area contributed by atoms with Gasteiger partial charge in [0.25, 0.3) is 0 Å². The number of ketones is 1. The van der Waals surface area contributed by atoms with Crippen LogP contribution < -0.4 is 9.47 Å². The molecule has 7 heteroatoms. The molecular formula is C28H33NO6. The number of fused-ring (bicyclic) bond motifs is 4. The summed E-state index contributed by atoms with van der Waals surface area (Å²) in [4.78, 5) is 16.8. The molecule has 3 aromatic rings. The van der Waals surface area contributed by atoms with Crippen LogP contribution in [0.3, 0.4) is 0 Å². The van der Waals surface area contributed by atoms with E-state index in [4.69, 9.17) is 23.7 Å². The number of carbonyl (C=O) groups excluding carboxylic acids is 1. The third kappa shape index (κ3) is 4.44. The number of H-pyrrole nitrogens is 1. The molecule has 0 amide bonds. The van der Waals surface area contributed by atoms with Gasteiger partial charge in [0.1, 0.15) is 23.9 Å². The molecule has 1 aliphatic heterocycles. The molecule has 1 aromatic heterocycles. The Bertz CT molecular complexity index is 1220. The fourth-order valence-corrected chi connectivity index (χ4v) is 5.80. The zero-order valence-electron chi connectivity index (χ0n) is 20.8. The molecule has 0 unspecified atom stereocenters. The Morgan fingerprint density at radius 2 is 1.91 bits per heavy atom. The van der Waals surface area contributed by atoms with E-state index in [1.165, 1.54) is 0 Å². The number of rotatable bonds is 8. The molecule has 2 aromatic carbocycles. The lowest BCUT2D eigenvalue weighted by atomic mass is 9.65. The second-order valence-electron chi connectivity index (χ2n) is 9.94. The summed E-state index contributed by atoms with van der Waals surface area (Å²) in [5, 5.41) is 0.890. The van der Waals surface area contributed by atoms with Gasteiger partial charge in [0.05, 0.1) is 6.10 Å². The van der Waals surface area contributed by atoms with Crippen molar-refractivity contribution in [3.8, 4) is 11.5 Å². The predicted octanol–water partition coefficient (Wildman–Crippen LogP) is 5.43. The zero-order valence-corrected chi connectivity index (χ0v) is 20.8. The van der Waals surface area contributed by atoms with E-state index in [-0.39, 0.29) is 37.0 Å². The maximum Gasteiger partial charge on any atom is 0.195 e. The van der Waals surface area contributed by atoms with E-state index in [0.29, 0.717) is 28.5 Å². The number of benzene rings is 2. The summed E-state index contributed by atoms with van der Waals surface area (Å²) < 4.78 is 29.0. The molecule has 7 nitrogen and oxygen atoms in total. The molecule has 3 atom stereocenters. The average Bonchev–Trinajstić information content (AvgIpc) is 3.29. The summed E-state index contributed by atoms with van der Waals surface area (Å²) in [5.41, 5.74) is 2.68. The van der Waals surface area contributed by atoms with Gasteiger partial charge in [-0.05, 0) is 51.3 Å². The van der Waals surface area contributed by atoms with Crippen LogP contribution in [0.5, 0.6) is 11.5 Å². The van der Waals surface area contributed by atoms with Gasteiger partial charge >= 0.3 is 0 Å². The summed E-state index contributed by atoms with van der Waals surface area (Å²) in [6.45, 7) is 4.63. The largest absolute Gasteiger partial charge is 0.487 e. The highest BCUT2D eigenvalue weighted by Crippen LogP contribution is 2.55. The fraction of sp³-hybridized carbons (Fsp3) is 0.464. The van der Waals surface area contributed by atoms with E-state index < -0.39 is 0 Å².